The van der Waals surface area contributed by atoms with E-state index in [1.54, 1.807) is 19.0 Å². The number of carbonyl (C=O) groups excluding carboxylic acids is 1. The lowest BCUT2D eigenvalue weighted by Gasteiger charge is -2.23. The van der Waals surface area contributed by atoms with Crippen molar-refractivity contribution in [3.05, 3.63) is 35.4 Å². The van der Waals surface area contributed by atoms with Gasteiger partial charge in [-0.15, -0.1) is 0 Å². The van der Waals surface area contributed by atoms with Crippen molar-refractivity contribution in [1.29, 1.82) is 0 Å². The highest BCUT2D eigenvalue weighted by atomic mass is 16.2. The maximum absolute atomic E-state index is 11.8. The minimum absolute atomic E-state index is 0.0505. The molecule has 0 heterocycles. The first-order valence-corrected chi connectivity index (χ1v) is 7.16. The van der Waals surface area contributed by atoms with Crippen LogP contribution < -0.4 is 5.73 Å². The predicted octanol–water partition coefficient (Wildman–Crippen LogP) is 2.82. The molecule has 1 aromatic carbocycles. The van der Waals surface area contributed by atoms with E-state index in [9.17, 15) is 4.79 Å². The lowest BCUT2D eigenvalue weighted by molar-refractivity contribution is -0.130. The Bertz CT molecular complexity index is 419. The van der Waals surface area contributed by atoms with Crippen molar-refractivity contribution in [3.8, 4) is 0 Å². The second-order valence-corrected chi connectivity index (χ2v) is 5.71. The Balaban J connectivity index is 2.07. The largest absolute Gasteiger partial charge is 0.347 e. The first-order valence-electron chi connectivity index (χ1n) is 7.16. The molecule has 0 radical (unpaired) electrons. The molecule has 3 heteroatoms. The van der Waals surface area contributed by atoms with Gasteiger partial charge >= 0.3 is 0 Å². The first-order chi connectivity index (χ1) is 9.09. The number of rotatable bonds is 3. The van der Waals surface area contributed by atoms with Crippen LogP contribution in [0.3, 0.4) is 0 Å². The highest BCUT2D eigenvalue weighted by Crippen LogP contribution is 2.32. The average molecular weight is 260 g/mol. The van der Waals surface area contributed by atoms with Gasteiger partial charge in [0, 0.05) is 14.1 Å². The van der Waals surface area contributed by atoms with Crippen molar-refractivity contribution in [1.82, 2.24) is 4.90 Å². The van der Waals surface area contributed by atoms with Gasteiger partial charge < -0.3 is 10.6 Å². The van der Waals surface area contributed by atoms with Crippen molar-refractivity contribution >= 4 is 5.91 Å². The van der Waals surface area contributed by atoms with Gasteiger partial charge in [0.05, 0.1) is 0 Å². The van der Waals surface area contributed by atoms with Crippen molar-refractivity contribution in [2.45, 2.75) is 44.1 Å². The standard InChI is InChI=1S/C16H24N2O/c1-18(2)16(19)15(17)14-10-8-13(9-11-14)12-6-4-3-5-7-12/h8-12,15H,3-7,17H2,1-2H3. The van der Waals surface area contributed by atoms with Crippen LogP contribution in [0.1, 0.15) is 55.2 Å². The topological polar surface area (TPSA) is 46.3 Å². The van der Waals surface area contributed by atoms with Gasteiger partial charge in [0.25, 0.3) is 0 Å². The van der Waals surface area contributed by atoms with E-state index in [2.05, 4.69) is 12.1 Å². The van der Waals surface area contributed by atoms with Crippen LogP contribution in [-0.2, 0) is 4.79 Å². The number of nitrogens with zero attached hydrogens (tertiary/aromatic N) is 1. The lowest BCUT2D eigenvalue weighted by atomic mass is 9.83. The van der Waals surface area contributed by atoms with E-state index in [1.165, 1.54) is 37.7 Å². The van der Waals surface area contributed by atoms with E-state index < -0.39 is 6.04 Å². The molecule has 19 heavy (non-hydrogen) atoms. The van der Waals surface area contributed by atoms with Crippen LogP contribution in [0.5, 0.6) is 0 Å². The Morgan fingerprint density at radius 2 is 1.74 bits per heavy atom. The van der Waals surface area contributed by atoms with Gasteiger partial charge in [0.2, 0.25) is 5.91 Å². The van der Waals surface area contributed by atoms with E-state index >= 15 is 0 Å². The molecule has 104 valence electrons. The Morgan fingerprint density at radius 3 is 2.26 bits per heavy atom. The summed E-state index contributed by atoms with van der Waals surface area (Å²) in [6.07, 6.45) is 6.64. The zero-order valence-electron chi connectivity index (χ0n) is 11.9. The first kappa shape index (κ1) is 14.1. The maximum Gasteiger partial charge on any atom is 0.243 e. The minimum Gasteiger partial charge on any atom is -0.347 e. The summed E-state index contributed by atoms with van der Waals surface area (Å²) in [5.41, 5.74) is 8.27. The Kier molecular flexibility index (Phi) is 4.59. The Hall–Kier alpha value is -1.35. The summed E-state index contributed by atoms with van der Waals surface area (Å²) in [6.45, 7) is 0. The van der Waals surface area contributed by atoms with Crippen LogP contribution >= 0.6 is 0 Å². The monoisotopic (exact) mass is 260 g/mol. The molecule has 1 saturated carbocycles. The van der Waals surface area contributed by atoms with Gasteiger partial charge in [-0.3, -0.25) is 4.79 Å². The third kappa shape index (κ3) is 3.35. The fraction of sp³-hybridized carbons (Fsp3) is 0.562. The molecule has 0 bridgehead atoms. The summed E-state index contributed by atoms with van der Waals surface area (Å²) in [7, 11) is 3.47. The molecule has 2 rings (SSSR count). The normalized spacial score (nSPS) is 18.1. The van der Waals surface area contributed by atoms with Crippen LogP contribution in [0, 0.1) is 0 Å². The summed E-state index contributed by atoms with van der Waals surface area (Å²) in [5.74, 6) is 0.647. The molecule has 1 atom stereocenters. The molecule has 0 aromatic heterocycles. The second-order valence-electron chi connectivity index (χ2n) is 5.71. The molecule has 0 aliphatic heterocycles. The summed E-state index contributed by atoms with van der Waals surface area (Å²) in [5, 5.41) is 0. The van der Waals surface area contributed by atoms with Gasteiger partial charge in [-0.25, -0.2) is 0 Å². The summed E-state index contributed by atoms with van der Waals surface area (Å²) < 4.78 is 0. The van der Waals surface area contributed by atoms with Gasteiger partial charge in [0.1, 0.15) is 6.04 Å². The molecule has 1 aliphatic rings. The number of likely N-dealkylation sites (N-methyl/N-ethyl adjacent to an activating group) is 1. The number of carbonyl (C=O) groups is 1. The van der Waals surface area contributed by atoms with E-state index in [0.717, 1.165) is 5.56 Å². The molecule has 3 nitrogen and oxygen atoms in total. The van der Waals surface area contributed by atoms with Crippen LogP contribution in [0.25, 0.3) is 0 Å². The number of benzene rings is 1. The van der Waals surface area contributed by atoms with E-state index in [0.29, 0.717) is 5.92 Å². The number of hydrogen-bond donors (Lipinski definition) is 1. The zero-order chi connectivity index (χ0) is 13.8. The van der Waals surface area contributed by atoms with E-state index in [4.69, 9.17) is 5.73 Å². The SMILES string of the molecule is CN(C)C(=O)C(N)c1ccc(C2CCCCC2)cc1. The van der Waals surface area contributed by atoms with Crippen molar-refractivity contribution in [3.63, 3.8) is 0 Å². The molecule has 1 amide bonds. The number of hydrogen-bond acceptors (Lipinski definition) is 2. The molecule has 2 N–H and O–H groups in total. The smallest absolute Gasteiger partial charge is 0.243 e. The summed E-state index contributed by atoms with van der Waals surface area (Å²) in [4.78, 5) is 13.4. The molecule has 0 saturated heterocycles. The molecule has 1 aliphatic carbocycles. The van der Waals surface area contributed by atoms with Crippen LogP contribution in [0.15, 0.2) is 24.3 Å². The third-order valence-electron chi connectivity index (χ3n) is 4.08. The average Bonchev–Trinajstić information content (AvgIpc) is 2.46. The van der Waals surface area contributed by atoms with Crippen molar-refractivity contribution in [2.75, 3.05) is 14.1 Å². The minimum atomic E-state index is -0.546. The third-order valence-corrected chi connectivity index (χ3v) is 4.08. The van der Waals surface area contributed by atoms with Crippen molar-refractivity contribution < 1.29 is 4.79 Å². The summed E-state index contributed by atoms with van der Waals surface area (Å²) in [6, 6.07) is 7.77. The fourth-order valence-corrected chi connectivity index (χ4v) is 2.83. The molecular formula is C16H24N2O. The highest BCUT2D eigenvalue weighted by molar-refractivity contribution is 5.82. The quantitative estimate of drug-likeness (QED) is 0.908. The van der Waals surface area contributed by atoms with Gasteiger partial charge in [0.15, 0.2) is 0 Å². The maximum atomic E-state index is 11.8. The van der Waals surface area contributed by atoms with E-state index in [-0.39, 0.29) is 5.91 Å². The summed E-state index contributed by atoms with van der Waals surface area (Å²) >= 11 is 0. The predicted molar refractivity (Wildman–Crippen MR) is 77.9 cm³/mol. The van der Waals surface area contributed by atoms with Crippen LogP contribution in [-0.4, -0.2) is 24.9 Å². The Morgan fingerprint density at radius 1 is 1.16 bits per heavy atom. The zero-order valence-corrected chi connectivity index (χ0v) is 11.9. The van der Waals surface area contributed by atoms with Crippen molar-refractivity contribution in [2.24, 2.45) is 5.73 Å². The Labute approximate surface area is 115 Å². The van der Waals surface area contributed by atoms with Gasteiger partial charge in [-0.05, 0) is 29.9 Å². The molecule has 1 aromatic rings. The lowest BCUT2D eigenvalue weighted by Crippen LogP contribution is -2.33. The van der Waals surface area contributed by atoms with Crippen LogP contribution in [0.2, 0.25) is 0 Å². The molecule has 1 unspecified atom stereocenters. The van der Waals surface area contributed by atoms with Gasteiger partial charge in [-0.1, -0.05) is 43.5 Å². The molecule has 1 fully saturated rings. The van der Waals surface area contributed by atoms with Gasteiger partial charge in [-0.2, -0.15) is 0 Å². The fourth-order valence-electron chi connectivity index (χ4n) is 2.83. The molecular weight excluding hydrogens is 236 g/mol. The molecule has 0 spiro atoms. The van der Waals surface area contributed by atoms with Crippen LogP contribution in [0.4, 0.5) is 0 Å². The number of amides is 1. The number of nitrogens with two attached hydrogens (primary N) is 1. The van der Waals surface area contributed by atoms with E-state index in [1.807, 2.05) is 12.1 Å². The highest BCUT2D eigenvalue weighted by Gasteiger charge is 2.19. The second kappa shape index (κ2) is 6.20.